The Morgan fingerprint density at radius 1 is 1.06 bits per heavy atom. The summed E-state index contributed by atoms with van der Waals surface area (Å²) in [5.74, 6) is -0.472. The molecule has 0 N–H and O–H groups in total. The molecule has 1 saturated heterocycles. The maximum Gasteiger partial charge on any atom is 0.387 e. The SMILES string of the molecule is COc1ccc(CN2CCCN(C(=O)c3cc(OC)c(OC(F)F)cc3[N+](=O)[O-])CC2)cc1. The minimum Gasteiger partial charge on any atom is -0.497 e. The molecule has 1 fully saturated rings. The Hall–Kier alpha value is -3.47. The Bertz CT molecular complexity index is 987. The smallest absolute Gasteiger partial charge is 0.387 e. The zero-order valence-electron chi connectivity index (χ0n) is 18.3. The molecule has 0 unspecified atom stereocenters. The third-order valence-corrected chi connectivity index (χ3v) is 5.37. The van der Waals surface area contributed by atoms with Gasteiger partial charge in [0.2, 0.25) is 0 Å². The summed E-state index contributed by atoms with van der Waals surface area (Å²) in [6.45, 7) is -0.393. The van der Waals surface area contributed by atoms with Gasteiger partial charge in [0.15, 0.2) is 11.5 Å². The largest absolute Gasteiger partial charge is 0.497 e. The predicted molar refractivity (Wildman–Crippen MR) is 115 cm³/mol. The van der Waals surface area contributed by atoms with E-state index < -0.39 is 28.9 Å². The molecule has 0 radical (unpaired) electrons. The van der Waals surface area contributed by atoms with Gasteiger partial charge in [0.05, 0.1) is 25.2 Å². The average molecular weight is 465 g/mol. The zero-order valence-corrected chi connectivity index (χ0v) is 18.3. The highest BCUT2D eigenvalue weighted by Gasteiger charge is 2.30. The lowest BCUT2D eigenvalue weighted by molar-refractivity contribution is -0.385. The highest BCUT2D eigenvalue weighted by Crippen LogP contribution is 2.36. The number of nitro benzene ring substituents is 1. The van der Waals surface area contributed by atoms with E-state index in [9.17, 15) is 23.7 Å². The molecule has 11 heteroatoms. The van der Waals surface area contributed by atoms with Crippen LogP contribution in [0.15, 0.2) is 36.4 Å². The first-order valence-electron chi connectivity index (χ1n) is 10.3. The normalized spacial score (nSPS) is 14.6. The monoisotopic (exact) mass is 465 g/mol. The Morgan fingerprint density at radius 3 is 2.39 bits per heavy atom. The predicted octanol–water partition coefficient (Wildman–Crippen LogP) is 3.56. The van der Waals surface area contributed by atoms with E-state index in [1.54, 1.807) is 7.11 Å². The molecule has 1 aliphatic rings. The number of halogens is 2. The first-order chi connectivity index (χ1) is 15.8. The molecule has 0 aliphatic carbocycles. The first-order valence-corrected chi connectivity index (χ1v) is 10.3. The number of rotatable bonds is 8. The molecule has 9 nitrogen and oxygen atoms in total. The molecule has 1 amide bonds. The number of hydrogen-bond donors (Lipinski definition) is 0. The lowest BCUT2D eigenvalue weighted by Gasteiger charge is -2.22. The molecule has 0 spiro atoms. The van der Waals surface area contributed by atoms with Crippen LogP contribution in [0.2, 0.25) is 0 Å². The fourth-order valence-corrected chi connectivity index (χ4v) is 3.71. The van der Waals surface area contributed by atoms with Gasteiger partial charge in [-0.2, -0.15) is 8.78 Å². The zero-order chi connectivity index (χ0) is 24.0. The van der Waals surface area contributed by atoms with E-state index in [4.69, 9.17) is 9.47 Å². The Balaban J connectivity index is 1.75. The van der Waals surface area contributed by atoms with Crippen LogP contribution in [0.1, 0.15) is 22.3 Å². The fraction of sp³-hybridized carbons (Fsp3) is 0.409. The Kier molecular flexibility index (Phi) is 7.99. The van der Waals surface area contributed by atoms with Crippen molar-refractivity contribution < 1.29 is 32.7 Å². The molecule has 0 atom stereocenters. The number of alkyl halides is 2. The second-order valence-electron chi connectivity index (χ2n) is 7.43. The first kappa shape index (κ1) is 24.2. The van der Waals surface area contributed by atoms with Crippen LogP contribution >= 0.6 is 0 Å². The van der Waals surface area contributed by atoms with E-state index in [1.165, 1.54) is 12.0 Å². The van der Waals surface area contributed by atoms with E-state index in [1.807, 2.05) is 24.3 Å². The van der Waals surface area contributed by atoms with Crippen molar-refractivity contribution >= 4 is 11.6 Å². The number of carbonyl (C=O) groups excluding carboxylic acids is 1. The lowest BCUT2D eigenvalue weighted by atomic mass is 10.1. The van der Waals surface area contributed by atoms with E-state index in [0.29, 0.717) is 32.6 Å². The van der Waals surface area contributed by atoms with Gasteiger partial charge in [-0.15, -0.1) is 0 Å². The van der Waals surface area contributed by atoms with E-state index in [2.05, 4.69) is 9.64 Å². The van der Waals surface area contributed by atoms with Gasteiger partial charge in [0.25, 0.3) is 11.6 Å². The summed E-state index contributed by atoms with van der Waals surface area (Å²) < 4.78 is 39.8. The lowest BCUT2D eigenvalue weighted by Crippen LogP contribution is -2.35. The van der Waals surface area contributed by atoms with Crippen LogP contribution < -0.4 is 14.2 Å². The molecule has 2 aromatic rings. The van der Waals surface area contributed by atoms with Crippen LogP contribution in [0.4, 0.5) is 14.5 Å². The molecule has 1 heterocycles. The number of ether oxygens (including phenoxy) is 3. The van der Waals surface area contributed by atoms with Crippen molar-refractivity contribution in [3.05, 3.63) is 57.6 Å². The summed E-state index contributed by atoms with van der Waals surface area (Å²) in [5, 5.41) is 11.5. The van der Waals surface area contributed by atoms with Gasteiger partial charge in [0.1, 0.15) is 11.3 Å². The number of hydrogen-bond acceptors (Lipinski definition) is 7. The molecule has 3 rings (SSSR count). The maximum atomic E-state index is 13.2. The molecule has 178 valence electrons. The van der Waals surface area contributed by atoms with Gasteiger partial charge in [-0.1, -0.05) is 12.1 Å². The van der Waals surface area contributed by atoms with Crippen molar-refractivity contribution in [2.24, 2.45) is 0 Å². The highest BCUT2D eigenvalue weighted by molar-refractivity contribution is 5.99. The summed E-state index contributed by atoms with van der Waals surface area (Å²) in [6.07, 6.45) is 0.680. The van der Waals surface area contributed by atoms with E-state index in [-0.39, 0.29) is 11.3 Å². The van der Waals surface area contributed by atoms with Crippen LogP contribution in [-0.2, 0) is 6.54 Å². The van der Waals surface area contributed by atoms with Crippen molar-refractivity contribution in [2.45, 2.75) is 19.6 Å². The summed E-state index contributed by atoms with van der Waals surface area (Å²) in [4.78, 5) is 27.6. The van der Waals surface area contributed by atoms with Gasteiger partial charge in [-0.3, -0.25) is 19.8 Å². The van der Waals surface area contributed by atoms with Gasteiger partial charge < -0.3 is 19.1 Å². The molecule has 33 heavy (non-hydrogen) atoms. The van der Waals surface area contributed by atoms with Crippen LogP contribution in [0.3, 0.4) is 0 Å². The quantitative estimate of drug-likeness (QED) is 0.435. The van der Waals surface area contributed by atoms with Crippen molar-refractivity contribution in [2.75, 3.05) is 40.4 Å². The molecule has 1 aliphatic heterocycles. The topological polar surface area (TPSA) is 94.4 Å². The van der Waals surface area contributed by atoms with E-state index in [0.717, 1.165) is 30.0 Å². The number of amides is 1. The molecular weight excluding hydrogens is 440 g/mol. The van der Waals surface area contributed by atoms with Gasteiger partial charge in [0, 0.05) is 38.8 Å². The van der Waals surface area contributed by atoms with Crippen molar-refractivity contribution in [3.8, 4) is 17.2 Å². The van der Waals surface area contributed by atoms with Crippen molar-refractivity contribution in [1.82, 2.24) is 9.80 Å². The van der Waals surface area contributed by atoms with Crippen molar-refractivity contribution in [3.63, 3.8) is 0 Å². The van der Waals surface area contributed by atoms with Gasteiger partial charge in [-0.05, 0) is 24.1 Å². The Morgan fingerprint density at radius 2 is 1.79 bits per heavy atom. The molecule has 0 aromatic heterocycles. The van der Waals surface area contributed by atoms with Gasteiger partial charge >= 0.3 is 6.61 Å². The third kappa shape index (κ3) is 6.07. The number of benzene rings is 2. The van der Waals surface area contributed by atoms with Crippen LogP contribution in [0.5, 0.6) is 17.2 Å². The summed E-state index contributed by atoms with van der Waals surface area (Å²) in [5.41, 5.74) is 0.253. The number of methoxy groups -OCH3 is 2. The van der Waals surface area contributed by atoms with Crippen LogP contribution in [0, 0.1) is 10.1 Å². The summed E-state index contributed by atoms with van der Waals surface area (Å²) >= 11 is 0. The summed E-state index contributed by atoms with van der Waals surface area (Å²) in [6, 6.07) is 9.61. The average Bonchev–Trinajstić information content (AvgIpc) is 3.04. The number of nitro groups is 1. The molecule has 2 aromatic carbocycles. The molecule has 0 saturated carbocycles. The molecular formula is C22H25F2N3O6. The van der Waals surface area contributed by atoms with Crippen LogP contribution in [-0.4, -0.2) is 67.6 Å². The Labute approximate surface area is 189 Å². The second kappa shape index (κ2) is 10.9. The molecule has 0 bridgehead atoms. The van der Waals surface area contributed by atoms with Crippen molar-refractivity contribution in [1.29, 1.82) is 0 Å². The standard InChI is InChI=1S/C22H25F2N3O6/c1-31-16-6-4-15(5-7-16)14-25-8-3-9-26(11-10-25)21(28)17-12-19(32-2)20(33-22(23)24)13-18(17)27(29)30/h4-7,12-13,22H,3,8-11,14H2,1-2H3. The van der Waals surface area contributed by atoms with Gasteiger partial charge in [-0.25, -0.2) is 0 Å². The second-order valence-corrected chi connectivity index (χ2v) is 7.43. The highest BCUT2D eigenvalue weighted by atomic mass is 19.3. The van der Waals surface area contributed by atoms with E-state index >= 15 is 0 Å². The third-order valence-electron chi connectivity index (χ3n) is 5.37. The minimum atomic E-state index is -3.19. The number of carbonyl (C=O) groups is 1. The number of nitrogens with zero attached hydrogens (tertiary/aromatic N) is 3. The van der Waals surface area contributed by atoms with Crippen LogP contribution in [0.25, 0.3) is 0 Å². The summed E-state index contributed by atoms with van der Waals surface area (Å²) in [7, 11) is 2.81. The maximum absolute atomic E-state index is 13.2. The minimum absolute atomic E-state index is 0.180. The fourth-order valence-electron chi connectivity index (χ4n) is 3.71.